The number of rotatable bonds is 7. The van der Waals surface area contributed by atoms with Gasteiger partial charge in [-0.05, 0) is 68.3 Å². The Labute approximate surface area is 169 Å². The maximum absolute atomic E-state index is 5.58. The van der Waals surface area contributed by atoms with Crippen LogP contribution in [0.15, 0.2) is 48.8 Å². The fourth-order valence-electron chi connectivity index (χ4n) is 5.35. The molecule has 3 aliphatic carbocycles. The van der Waals surface area contributed by atoms with Crippen molar-refractivity contribution in [3.8, 4) is 17.1 Å². The maximum atomic E-state index is 5.58. The zero-order valence-electron chi connectivity index (χ0n) is 17.3. The summed E-state index contributed by atoms with van der Waals surface area (Å²) in [6, 6.07) is 9.05. The lowest BCUT2D eigenvalue weighted by Gasteiger charge is -2.54. The maximum Gasteiger partial charge on any atom is 0.159 e. The number of nitrogens with zero attached hydrogens (tertiary/aromatic N) is 2. The van der Waals surface area contributed by atoms with Gasteiger partial charge in [0.1, 0.15) is 6.61 Å². The lowest BCUT2D eigenvalue weighted by Crippen LogP contribution is -2.44. The Morgan fingerprint density at radius 2 is 1.61 bits per heavy atom. The summed E-state index contributed by atoms with van der Waals surface area (Å²) in [5.74, 6) is 1.47. The number of hydrogen-bond acceptors (Lipinski definition) is 3. The van der Waals surface area contributed by atoms with Crippen molar-refractivity contribution in [3.05, 3.63) is 54.4 Å². The van der Waals surface area contributed by atoms with Crippen molar-refractivity contribution in [1.82, 2.24) is 9.97 Å². The minimum Gasteiger partial charge on any atom is -0.486 e. The van der Waals surface area contributed by atoms with E-state index in [9.17, 15) is 0 Å². The molecule has 5 rings (SSSR count). The van der Waals surface area contributed by atoms with E-state index in [1.54, 1.807) is 12.4 Å². The minimum absolute atomic E-state index is 0.416. The van der Waals surface area contributed by atoms with Crippen molar-refractivity contribution in [2.45, 2.75) is 70.6 Å². The highest BCUT2D eigenvalue weighted by Gasteiger charge is 2.48. The van der Waals surface area contributed by atoms with Gasteiger partial charge in [0.25, 0.3) is 0 Å². The molecule has 0 radical (unpaired) electrons. The second-order valence-corrected chi connectivity index (χ2v) is 8.73. The molecule has 28 heavy (non-hydrogen) atoms. The topological polar surface area (TPSA) is 35.0 Å². The van der Waals surface area contributed by atoms with Gasteiger partial charge in [0.15, 0.2) is 11.6 Å². The summed E-state index contributed by atoms with van der Waals surface area (Å²) in [4.78, 5) is 8.97. The van der Waals surface area contributed by atoms with Crippen molar-refractivity contribution in [2.24, 2.45) is 5.41 Å². The zero-order chi connectivity index (χ0) is 19.5. The quantitative estimate of drug-likeness (QED) is 0.518. The number of ether oxygens (including phenoxy) is 1. The fraction of sp³-hybridized carbons (Fsp3) is 0.520. The molecular weight excluding hydrogens is 344 g/mol. The van der Waals surface area contributed by atoms with Gasteiger partial charge in [0.2, 0.25) is 0 Å². The van der Waals surface area contributed by atoms with E-state index < -0.39 is 0 Å². The first-order chi connectivity index (χ1) is 13.7. The summed E-state index contributed by atoms with van der Waals surface area (Å²) >= 11 is 0. The monoisotopic (exact) mass is 376 g/mol. The molecule has 0 N–H and O–H groups in total. The Balaban J connectivity index is 1.45. The van der Waals surface area contributed by atoms with Crippen LogP contribution in [0, 0.1) is 5.41 Å². The van der Waals surface area contributed by atoms with E-state index in [2.05, 4.69) is 41.2 Å². The molecule has 3 nitrogen and oxygen atoms in total. The average Bonchev–Trinajstić information content (AvgIpc) is 2.76. The Morgan fingerprint density at radius 1 is 0.964 bits per heavy atom. The van der Waals surface area contributed by atoms with E-state index in [1.807, 2.05) is 19.1 Å². The number of allylic oxidation sites excluding steroid dienone is 1. The van der Waals surface area contributed by atoms with Crippen LogP contribution in [-0.4, -0.2) is 16.6 Å². The molecule has 0 spiro atoms. The standard InChI is InChI=1S/C25H32N2O/c1-3-5-17-28-22-18-26-23(27-19-22)20-6-8-21(9-7-20)25-14-11-24(10-4-2,12-15-25)13-16-25/h3,5-9,18-19H,4,10-17H2,1-2H3. The van der Waals surface area contributed by atoms with Crippen LogP contribution >= 0.6 is 0 Å². The number of fused-ring (bicyclic) bond motifs is 3. The molecule has 3 saturated carbocycles. The number of aromatic nitrogens is 2. The molecule has 0 aliphatic heterocycles. The third-order valence-corrected chi connectivity index (χ3v) is 7.15. The summed E-state index contributed by atoms with van der Waals surface area (Å²) in [5, 5.41) is 0. The molecule has 148 valence electrons. The largest absolute Gasteiger partial charge is 0.486 e. The Kier molecular flexibility index (Phi) is 5.52. The van der Waals surface area contributed by atoms with Gasteiger partial charge in [0.05, 0.1) is 12.4 Å². The van der Waals surface area contributed by atoms with Gasteiger partial charge in [-0.3, -0.25) is 0 Å². The van der Waals surface area contributed by atoms with E-state index in [-0.39, 0.29) is 0 Å². The SMILES string of the molecule is CC=CCOc1cnc(-c2ccc(C34CCC(CCC)(CC3)CC4)cc2)nc1. The number of benzene rings is 1. The first-order valence-electron chi connectivity index (χ1n) is 10.9. The van der Waals surface area contributed by atoms with Crippen molar-refractivity contribution < 1.29 is 4.74 Å². The molecule has 1 heterocycles. The molecule has 3 heteroatoms. The third kappa shape index (κ3) is 3.72. The second-order valence-electron chi connectivity index (χ2n) is 8.73. The van der Waals surface area contributed by atoms with Crippen LogP contribution in [-0.2, 0) is 5.41 Å². The lowest BCUT2D eigenvalue weighted by molar-refractivity contribution is 0.0320. The fourth-order valence-corrected chi connectivity index (χ4v) is 5.35. The van der Waals surface area contributed by atoms with Gasteiger partial charge in [-0.15, -0.1) is 0 Å². The minimum atomic E-state index is 0.416. The zero-order valence-corrected chi connectivity index (χ0v) is 17.3. The van der Waals surface area contributed by atoms with E-state index in [1.165, 1.54) is 56.9 Å². The molecule has 1 aromatic heterocycles. The molecule has 0 atom stereocenters. The van der Waals surface area contributed by atoms with Gasteiger partial charge in [-0.25, -0.2) is 9.97 Å². The molecule has 0 amide bonds. The van der Waals surface area contributed by atoms with E-state index in [4.69, 9.17) is 4.74 Å². The molecule has 0 unspecified atom stereocenters. The second kappa shape index (κ2) is 8.06. The van der Waals surface area contributed by atoms with Crippen molar-refractivity contribution in [2.75, 3.05) is 6.61 Å². The van der Waals surface area contributed by atoms with Crippen LogP contribution in [0.5, 0.6) is 5.75 Å². The van der Waals surface area contributed by atoms with E-state index in [0.29, 0.717) is 23.2 Å². The van der Waals surface area contributed by atoms with Gasteiger partial charge in [0, 0.05) is 5.56 Å². The predicted molar refractivity (Wildman–Crippen MR) is 114 cm³/mol. The third-order valence-electron chi connectivity index (χ3n) is 7.15. The molecule has 2 bridgehead atoms. The Bertz CT molecular complexity index is 783. The first kappa shape index (κ1) is 19.2. The van der Waals surface area contributed by atoms with Crippen LogP contribution in [0.4, 0.5) is 0 Å². The molecule has 1 aromatic carbocycles. The van der Waals surface area contributed by atoms with Crippen LogP contribution in [0.2, 0.25) is 0 Å². The predicted octanol–water partition coefficient (Wildman–Crippen LogP) is 6.49. The van der Waals surface area contributed by atoms with Crippen molar-refractivity contribution >= 4 is 0 Å². The van der Waals surface area contributed by atoms with Crippen LogP contribution in [0.25, 0.3) is 11.4 Å². The summed E-state index contributed by atoms with van der Waals surface area (Å²) in [5.41, 5.74) is 3.68. The van der Waals surface area contributed by atoms with Crippen LogP contribution in [0.3, 0.4) is 0 Å². The van der Waals surface area contributed by atoms with E-state index in [0.717, 1.165) is 11.4 Å². The number of hydrogen-bond donors (Lipinski definition) is 0. The summed E-state index contributed by atoms with van der Waals surface area (Å²) in [7, 11) is 0. The first-order valence-corrected chi connectivity index (χ1v) is 10.9. The lowest BCUT2D eigenvalue weighted by atomic mass is 9.51. The average molecular weight is 377 g/mol. The Hall–Kier alpha value is -2.16. The molecular formula is C25H32N2O. The molecule has 3 fully saturated rings. The van der Waals surface area contributed by atoms with Crippen molar-refractivity contribution in [3.63, 3.8) is 0 Å². The Morgan fingerprint density at radius 3 is 2.18 bits per heavy atom. The highest BCUT2D eigenvalue weighted by Crippen LogP contribution is 2.59. The van der Waals surface area contributed by atoms with Crippen LogP contribution in [0.1, 0.15) is 70.8 Å². The van der Waals surface area contributed by atoms with Crippen LogP contribution < -0.4 is 4.74 Å². The van der Waals surface area contributed by atoms with Crippen molar-refractivity contribution in [1.29, 1.82) is 0 Å². The summed E-state index contributed by atoms with van der Waals surface area (Å²) in [6.45, 7) is 4.87. The molecule has 2 aromatic rings. The van der Waals surface area contributed by atoms with Gasteiger partial charge < -0.3 is 4.74 Å². The van der Waals surface area contributed by atoms with Gasteiger partial charge >= 0.3 is 0 Å². The van der Waals surface area contributed by atoms with Gasteiger partial charge in [-0.2, -0.15) is 0 Å². The highest BCUT2D eigenvalue weighted by atomic mass is 16.5. The molecule has 0 saturated heterocycles. The highest BCUT2D eigenvalue weighted by molar-refractivity contribution is 5.56. The summed E-state index contributed by atoms with van der Waals surface area (Å²) < 4.78 is 5.58. The normalized spacial score (nSPS) is 26.6. The molecule has 3 aliphatic rings. The van der Waals surface area contributed by atoms with Gasteiger partial charge in [-0.1, -0.05) is 49.8 Å². The summed E-state index contributed by atoms with van der Waals surface area (Å²) in [6.07, 6.45) is 18.6. The van der Waals surface area contributed by atoms with E-state index >= 15 is 0 Å². The smallest absolute Gasteiger partial charge is 0.159 e.